The molecule has 0 unspecified atom stereocenters. The molecule has 3 nitrogen and oxygen atoms in total. The summed E-state index contributed by atoms with van der Waals surface area (Å²) >= 11 is 7.35. The average Bonchev–Trinajstić information content (AvgIpc) is 2.83. The number of halogens is 1. The number of rotatable bonds is 4. The molecule has 2 N–H and O–H groups in total. The Morgan fingerprint density at radius 3 is 2.72 bits per heavy atom. The number of nitrogens with two attached hydrogens (primary N) is 1. The van der Waals surface area contributed by atoms with E-state index < -0.39 is 9.84 Å². The molecule has 0 radical (unpaired) electrons. The Hall–Kier alpha value is -1.04. The number of benzene rings is 1. The lowest BCUT2D eigenvalue weighted by Gasteiger charge is -2.07. The van der Waals surface area contributed by atoms with Crippen LogP contribution in [0.5, 0.6) is 0 Å². The van der Waals surface area contributed by atoms with Crippen molar-refractivity contribution in [3.8, 4) is 0 Å². The molecule has 2 rings (SSSR count). The lowest BCUT2D eigenvalue weighted by Crippen LogP contribution is -2.11. The van der Waals surface area contributed by atoms with Crippen LogP contribution in [0, 0.1) is 0 Å². The van der Waals surface area contributed by atoms with Gasteiger partial charge in [-0.1, -0.05) is 17.7 Å². The monoisotopic (exact) mass is 301 g/mol. The van der Waals surface area contributed by atoms with Gasteiger partial charge in [0.1, 0.15) is 0 Å². The molecule has 1 aromatic carbocycles. The second-order valence-electron chi connectivity index (χ2n) is 3.83. The van der Waals surface area contributed by atoms with Crippen LogP contribution in [0.15, 0.2) is 40.6 Å². The van der Waals surface area contributed by atoms with Crippen LogP contribution in [0.25, 0.3) is 0 Å². The minimum Gasteiger partial charge on any atom is -0.398 e. The molecule has 2 aromatic rings. The third-order valence-corrected chi connectivity index (χ3v) is 5.44. The van der Waals surface area contributed by atoms with E-state index in [1.54, 1.807) is 17.4 Å². The molecular formula is C12H12ClNO2S2. The standard InChI is InChI=1S/C12H12ClNO2S2/c13-9-3-4-11(14)12(8-9)18(15,16)7-5-10-2-1-6-17-10/h1-4,6,8H,5,7,14H2. The second kappa shape index (κ2) is 5.30. The molecule has 0 spiro atoms. The number of hydrogen-bond acceptors (Lipinski definition) is 4. The van der Waals surface area contributed by atoms with Crippen LogP contribution in [0.4, 0.5) is 5.69 Å². The minimum atomic E-state index is -3.39. The fraction of sp³-hybridized carbons (Fsp3) is 0.167. The Kier molecular flexibility index (Phi) is 3.94. The molecule has 0 aliphatic carbocycles. The van der Waals surface area contributed by atoms with Crippen LogP contribution in [0.3, 0.4) is 0 Å². The summed E-state index contributed by atoms with van der Waals surface area (Å²) in [6.07, 6.45) is 0.492. The lowest BCUT2D eigenvalue weighted by molar-refractivity contribution is 0.596. The lowest BCUT2D eigenvalue weighted by atomic mass is 10.3. The zero-order valence-corrected chi connectivity index (χ0v) is 11.9. The molecule has 96 valence electrons. The number of sulfone groups is 1. The highest BCUT2D eigenvalue weighted by Gasteiger charge is 2.18. The van der Waals surface area contributed by atoms with Crippen molar-refractivity contribution < 1.29 is 8.42 Å². The van der Waals surface area contributed by atoms with Crippen molar-refractivity contribution in [1.82, 2.24) is 0 Å². The van der Waals surface area contributed by atoms with Crippen molar-refractivity contribution in [2.45, 2.75) is 11.3 Å². The summed E-state index contributed by atoms with van der Waals surface area (Å²) in [5.41, 5.74) is 5.93. The van der Waals surface area contributed by atoms with Gasteiger partial charge >= 0.3 is 0 Å². The molecule has 0 saturated carbocycles. The normalized spacial score (nSPS) is 11.6. The van der Waals surface area contributed by atoms with Crippen LogP contribution < -0.4 is 5.73 Å². The Balaban J connectivity index is 2.22. The first kappa shape index (κ1) is 13.4. The van der Waals surface area contributed by atoms with Crippen LogP contribution >= 0.6 is 22.9 Å². The van der Waals surface area contributed by atoms with E-state index >= 15 is 0 Å². The third-order valence-electron chi connectivity index (χ3n) is 2.51. The van der Waals surface area contributed by atoms with E-state index in [0.29, 0.717) is 11.4 Å². The summed E-state index contributed by atoms with van der Waals surface area (Å²) in [7, 11) is -3.39. The quantitative estimate of drug-likeness (QED) is 0.883. The van der Waals surface area contributed by atoms with Gasteiger partial charge in [0.2, 0.25) is 0 Å². The molecule has 0 bridgehead atoms. The van der Waals surface area contributed by atoms with Gasteiger partial charge in [-0.05, 0) is 36.1 Å². The zero-order valence-electron chi connectivity index (χ0n) is 9.47. The maximum atomic E-state index is 12.2. The number of aryl methyl sites for hydroxylation is 1. The highest BCUT2D eigenvalue weighted by Crippen LogP contribution is 2.24. The van der Waals surface area contributed by atoms with E-state index in [-0.39, 0.29) is 16.3 Å². The van der Waals surface area contributed by atoms with E-state index in [9.17, 15) is 8.42 Å². The van der Waals surface area contributed by atoms with Crippen LogP contribution in [0.1, 0.15) is 4.88 Å². The first-order chi connectivity index (χ1) is 8.49. The van der Waals surface area contributed by atoms with Gasteiger partial charge in [0, 0.05) is 9.90 Å². The summed E-state index contributed by atoms with van der Waals surface area (Å²) in [6.45, 7) is 0. The predicted octanol–water partition coefficient (Wildman–Crippen LogP) is 3.00. The Morgan fingerprint density at radius 2 is 2.06 bits per heavy atom. The topological polar surface area (TPSA) is 60.2 Å². The average molecular weight is 302 g/mol. The van der Waals surface area contributed by atoms with Gasteiger partial charge in [-0.15, -0.1) is 11.3 Å². The molecule has 0 amide bonds. The highest BCUT2D eigenvalue weighted by molar-refractivity contribution is 7.91. The first-order valence-electron chi connectivity index (χ1n) is 5.29. The summed E-state index contributed by atoms with van der Waals surface area (Å²) in [6, 6.07) is 8.32. The zero-order chi connectivity index (χ0) is 13.2. The van der Waals surface area contributed by atoms with Gasteiger partial charge in [-0.2, -0.15) is 0 Å². The Labute approximate surface area is 115 Å². The van der Waals surface area contributed by atoms with Crippen molar-refractivity contribution in [3.63, 3.8) is 0 Å². The molecule has 0 atom stereocenters. The second-order valence-corrected chi connectivity index (χ2v) is 7.38. The van der Waals surface area contributed by atoms with Crippen molar-refractivity contribution >= 4 is 38.5 Å². The van der Waals surface area contributed by atoms with Gasteiger partial charge in [0.25, 0.3) is 0 Å². The van der Waals surface area contributed by atoms with E-state index in [0.717, 1.165) is 4.88 Å². The number of thiophene rings is 1. The maximum absolute atomic E-state index is 12.2. The molecule has 0 aliphatic heterocycles. The number of hydrogen-bond donors (Lipinski definition) is 1. The highest BCUT2D eigenvalue weighted by atomic mass is 35.5. The van der Waals surface area contributed by atoms with Gasteiger partial charge in [-0.3, -0.25) is 0 Å². The third kappa shape index (κ3) is 3.04. The molecule has 6 heteroatoms. The fourth-order valence-corrected chi connectivity index (χ4v) is 4.09. The van der Waals surface area contributed by atoms with Crippen LogP contribution in [-0.2, 0) is 16.3 Å². The summed E-state index contributed by atoms with van der Waals surface area (Å²) in [5.74, 6) is 0.0397. The van der Waals surface area contributed by atoms with Gasteiger partial charge in [0.15, 0.2) is 9.84 Å². The summed E-state index contributed by atoms with van der Waals surface area (Å²) in [5, 5.41) is 2.30. The van der Waals surface area contributed by atoms with E-state index in [2.05, 4.69) is 0 Å². The molecular weight excluding hydrogens is 290 g/mol. The van der Waals surface area contributed by atoms with E-state index in [1.807, 2.05) is 17.5 Å². The van der Waals surface area contributed by atoms with Gasteiger partial charge in [-0.25, -0.2) is 8.42 Å². The van der Waals surface area contributed by atoms with E-state index in [4.69, 9.17) is 17.3 Å². The maximum Gasteiger partial charge on any atom is 0.180 e. The van der Waals surface area contributed by atoms with Crippen molar-refractivity contribution in [2.75, 3.05) is 11.5 Å². The summed E-state index contributed by atoms with van der Waals surface area (Å²) < 4.78 is 24.3. The van der Waals surface area contributed by atoms with E-state index in [1.165, 1.54) is 12.1 Å². The molecule has 0 saturated heterocycles. The summed E-state index contributed by atoms with van der Waals surface area (Å²) in [4.78, 5) is 1.16. The minimum absolute atomic E-state index is 0.0397. The number of nitrogen functional groups attached to an aromatic ring is 1. The molecule has 0 aliphatic rings. The number of anilines is 1. The van der Waals surface area contributed by atoms with Crippen molar-refractivity contribution in [2.24, 2.45) is 0 Å². The largest absolute Gasteiger partial charge is 0.398 e. The Morgan fingerprint density at radius 1 is 1.28 bits per heavy atom. The Bertz CT molecular complexity index is 636. The van der Waals surface area contributed by atoms with Crippen LogP contribution in [0.2, 0.25) is 5.02 Å². The SMILES string of the molecule is Nc1ccc(Cl)cc1S(=O)(=O)CCc1cccs1. The van der Waals surface area contributed by atoms with Crippen LogP contribution in [-0.4, -0.2) is 14.2 Å². The first-order valence-corrected chi connectivity index (χ1v) is 8.20. The molecule has 1 aromatic heterocycles. The molecule has 1 heterocycles. The molecule has 0 fully saturated rings. The smallest absolute Gasteiger partial charge is 0.180 e. The van der Waals surface area contributed by atoms with Crippen molar-refractivity contribution in [1.29, 1.82) is 0 Å². The fourth-order valence-electron chi connectivity index (χ4n) is 1.58. The predicted molar refractivity (Wildman–Crippen MR) is 75.9 cm³/mol. The van der Waals surface area contributed by atoms with Gasteiger partial charge < -0.3 is 5.73 Å². The molecule has 18 heavy (non-hydrogen) atoms. The van der Waals surface area contributed by atoms with Crippen molar-refractivity contribution in [3.05, 3.63) is 45.6 Å². The van der Waals surface area contributed by atoms with Gasteiger partial charge in [0.05, 0.1) is 16.3 Å².